The molecule has 8 nitrogen and oxygen atoms in total. The molecule has 0 radical (unpaired) electrons. The SMILES string of the molecule is O=c1[nH]c(SCC2OCC(O)C2O)nc2[nH]ncc12. The van der Waals surface area contributed by atoms with E-state index >= 15 is 0 Å². The second-order valence-corrected chi connectivity index (χ2v) is 5.25. The number of aliphatic hydroxyl groups excluding tert-OH is 2. The van der Waals surface area contributed by atoms with Crippen molar-refractivity contribution in [3.05, 3.63) is 16.6 Å². The van der Waals surface area contributed by atoms with Crippen LogP contribution in [0.25, 0.3) is 11.0 Å². The Labute approximate surface area is 111 Å². The molecule has 0 amide bonds. The summed E-state index contributed by atoms with van der Waals surface area (Å²) in [6.07, 6.45) is -0.818. The first kappa shape index (κ1) is 12.6. The average Bonchev–Trinajstić information content (AvgIpc) is 2.97. The monoisotopic (exact) mass is 284 g/mol. The lowest BCUT2D eigenvalue weighted by atomic mass is 10.2. The van der Waals surface area contributed by atoms with Crippen LogP contribution in [0.2, 0.25) is 0 Å². The number of nitrogens with one attached hydrogen (secondary N) is 2. The molecule has 1 fully saturated rings. The highest BCUT2D eigenvalue weighted by molar-refractivity contribution is 7.99. The summed E-state index contributed by atoms with van der Waals surface area (Å²) in [4.78, 5) is 18.5. The van der Waals surface area contributed by atoms with Gasteiger partial charge in [-0.2, -0.15) is 5.10 Å². The lowest BCUT2D eigenvalue weighted by molar-refractivity contribution is 0.0337. The van der Waals surface area contributed by atoms with Gasteiger partial charge in [0.05, 0.1) is 18.9 Å². The average molecular weight is 284 g/mol. The standard InChI is InChI=1S/C10H12N4O4S/c15-5-2-18-6(7(5)16)3-19-10-12-8-4(1-11-14-8)9(17)13-10/h1,5-7,15-16H,2-3H2,(H2,11,12,13,14,17). The van der Waals surface area contributed by atoms with Crippen LogP contribution < -0.4 is 5.56 Å². The lowest BCUT2D eigenvalue weighted by Crippen LogP contribution is -2.31. The molecule has 9 heteroatoms. The molecule has 4 N–H and O–H groups in total. The largest absolute Gasteiger partial charge is 0.388 e. The van der Waals surface area contributed by atoms with Crippen LogP contribution in [0, 0.1) is 0 Å². The Morgan fingerprint density at radius 1 is 1.53 bits per heavy atom. The van der Waals surface area contributed by atoms with Crippen LogP contribution in [0.5, 0.6) is 0 Å². The molecule has 0 spiro atoms. The first-order valence-electron chi connectivity index (χ1n) is 5.69. The van der Waals surface area contributed by atoms with Crippen molar-refractivity contribution in [3.63, 3.8) is 0 Å². The predicted octanol–water partition coefficient (Wildman–Crippen LogP) is -1.14. The van der Waals surface area contributed by atoms with Gasteiger partial charge in [0, 0.05) is 5.75 Å². The minimum Gasteiger partial charge on any atom is -0.388 e. The number of aliphatic hydroxyl groups is 2. The van der Waals surface area contributed by atoms with Crippen LogP contribution in [0.1, 0.15) is 0 Å². The van der Waals surface area contributed by atoms with Crippen LogP contribution in [-0.4, -0.2) is 61.1 Å². The summed E-state index contributed by atoms with van der Waals surface area (Å²) >= 11 is 1.25. The first-order chi connectivity index (χ1) is 9.15. The maximum atomic E-state index is 11.7. The molecule has 1 aliphatic rings. The molecule has 3 atom stereocenters. The van der Waals surface area contributed by atoms with Crippen LogP contribution >= 0.6 is 11.8 Å². The van der Waals surface area contributed by atoms with Crippen LogP contribution in [0.4, 0.5) is 0 Å². The highest BCUT2D eigenvalue weighted by Crippen LogP contribution is 2.22. The molecule has 2 aromatic heterocycles. The van der Waals surface area contributed by atoms with Gasteiger partial charge < -0.3 is 19.9 Å². The normalized spacial score (nSPS) is 27.2. The Kier molecular flexibility index (Phi) is 3.27. The van der Waals surface area contributed by atoms with E-state index in [0.29, 0.717) is 21.9 Å². The number of hydrogen-bond acceptors (Lipinski definition) is 7. The van der Waals surface area contributed by atoms with Gasteiger partial charge in [-0.15, -0.1) is 0 Å². The molecule has 19 heavy (non-hydrogen) atoms. The highest BCUT2D eigenvalue weighted by atomic mass is 32.2. The van der Waals surface area contributed by atoms with Gasteiger partial charge in [0.25, 0.3) is 5.56 Å². The van der Waals surface area contributed by atoms with Gasteiger partial charge in [-0.05, 0) is 0 Å². The Morgan fingerprint density at radius 2 is 2.37 bits per heavy atom. The minimum atomic E-state index is -0.907. The molecule has 1 aliphatic heterocycles. The summed E-state index contributed by atoms with van der Waals surface area (Å²) in [6.45, 7) is 0.121. The molecule has 0 aliphatic carbocycles. The van der Waals surface area contributed by atoms with E-state index in [1.165, 1.54) is 18.0 Å². The number of thioether (sulfide) groups is 1. The van der Waals surface area contributed by atoms with Crippen molar-refractivity contribution in [2.75, 3.05) is 12.4 Å². The number of ether oxygens (including phenoxy) is 1. The summed E-state index contributed by atoms with van der Waals surface area (Å²) in [6, 6.07) is 0. The zero-order valence-corrected chi connectivity index (χ0v) is 10.6. The molecule has 0 aromatic carbocycles. The summed E-state index contributed by atoms with van der Waals surface area (Å²) in [5.41, 5.74) is 0.147. The highest BCUT2D eigenvalue weighted by Gasteiger charge is 2.34. The third-order valence-corrected chi connectivity index (χ3v) is 3.90. The molecular weight excluding hydrogens is 272 g/mol. The number of hydrogen-bond donors (Lipinski definition) is 4. The van der Waals surface area contributed by atoms with Crippen molar-refractivity contribution in [3.8, 4) is 0 Å². The van der Waals surface area contributed by atoms with Gasteiger partial charge >= 0.3 is 0 Å². The van der Waals surface area contributed by atoms with Gasteiger partial charge in [0.2, 0.25) is 0 Å². The summed E-state index contributed by atoms with van der Waals surface area (Å²) in [5, 5.41) is 26.2. The fraction of sp³-hybridized carbons (Fsp3) is 0.500. The number of nitrogens with zero attached hydrogens (tertiary/aromatic N) is 2. The number of fused-ring (bicyclic) bond motifs is 1. The second-order valence-electron chi connectivity index (χ2n) is 4.24. The molecule has 0 saturated carbocycles. The number of aromatic nitrogens is 4. The molecule has 3 heterocycles. The third-order valence-electron chi connectivity index (χ3n) is 2.94. The fourth-order valence-corrected chi connectivity index (χ4v) is 2.80. The second kappa shape index (κ2) is 4.93. The number of H-pyrrole nitrogens is 2. The molecule has 1 saturated heterocycles. The van der Waals surface area contributed by atoms with E-state index in [1.54, 1.807) is 0 Å². The van der Waals surface area contributed by atoms with Crippen molar-refractivity contribution in [2.45, 2.75) is 23.5 Å². The predicted molar refractivity (Wildman–Crippen MR) is 67.0 cm³/mol. The minimum absolute atomic E-state index is 0.121. The summed E-state index contributed by atoms with van der Waals surface area (Å²) in [5.74, 6) is 0.390. The molecular formula is C10H12N4O4S. The van der Waals surface area contributed by atoms with E-state index in [-0.39, 0.29) is 12.2 Å². The Balaban J connectivity index is 1.73. The maximum Gasteiger partial charge on any atom is 0.262 e. The molecule has 3 unspecified atom stereocenters. The molecule has 2 aromatic rings. The van der Waals surface area contributed by atoms with E-state index in [4.69, 9.17) is 4.74 Å². The topological polar surface area (TPSA) is 124 Å². The third kappa shape index (κ3) is 2.37. The van der Waals surface area contributed by atoms with Crippen molar-refractivity contribution in [1.29, 1.82) is 0 Å². The zero-order valence-electron chi connectivity index (χ0n) is 9.74. The molecule has 3 rings (SSSR count). The number of rotatable bonds is 3. The first-order valence-corrected chi connectivity index (χ1v) is 6.67. The molecule has 0 bridgehead atoms. The quantitative estimate of drug-likeness (QED) is 0.415. The van der Waals surface area contributed by atoms with Gasteiger partial charge in [-0.3, -0.25) is 9.89 Å². The maximum absolute atomic E-state index is 11.7. The van der Waals surface area contributed by atoms with Crippen molar-refractivity contribution < 1.29 is 14.9 Å². The van der Waals surface area contributed by atoms with Crippen molar-refractivity contribution in [2.24, 2.45) is 0 Å². The van der Waals surface area contributed by atoms with E-state index < -0.39 is 18.3 Å². The Morgan fingerprint density at radius 3 is 3.11 bits per heavy atom. The van der Waals surface area contributed by atoms with Crippen molar-refractivity contribution >= 4 is 22.8 Å². The summed E-state index contributed by atoms with van der Waals surface area (Å²) in [7, 11) is 0. The van der Waals surface area contributed by atoms with E-state index in [2.05, 4.69) is 20.2 Å². The smallest absolute Gasteiger partial charge is 0.262 e. The molecule has 102 valence electrons. The van der Waals surface area contributed by atoms with E-state index in [9.17, 15) is 15.0 Å². The fourth-order valence-electron chi connectivity index (χ4n) is 1.87. The van der Waals surface area contributed by atoms with Crippen LogP contribution in [-0.2, 0) is 4.74 Å². The van der Waals surface area contributed by atoms with Crippen LogP contribution in [0.3, 0.4) is 0 Å². The van der Waals surface area contributed by atoms with Crippen molar-refractivity contribution in [1.82, 2.24) is 20.2 Å². The zero-order chi connectivity index (χ0) is 13.4. The number of aromatic amines is 2. The summed E-state index contributed by atoms with van der Waals surface area (Å²) < 4.78 is 5.24. The van der Waals surface area contributed by atoms with Gasteiger partial charge in [-0.25, -0.2) is 4.98 Å². The Bertz CT molecular complexity index is 642. The lowest BCUT2D eigenvalue weighted by Gasteiger charge is -2.13. The Hall–Kier alpha value is -1.42. The van der Waals surface area contributed by atoms with Gasteiger partial charge in [-0.1, -0.05) is 11.8 Å². The van der Waals surface area contributed by atoms with Gasteiger partial charge in [0.1, 0.15) is 17.6 Å². The van der Waals surface area contributed by atoms with Gasteiger partial charge in [0.15, 0.2) is 10.8 Å². The van der Waals surface area contributed by atoms with Crippen LogP contribution in [0.15, 0.2) is 16.1 Å². The van der Waals surface area contributed by atoms with E-state index in [0.717, 1.165) is 0 Å². The van der Waals surface area contributed by atoms with E-state index in [1.807, 2.05) is 0 Å².